The Hall–Kier alpha value is -3.34. The van der Waals surface area contributed by atoms with Crippen molar-refractivity contribution >= 4 is 46.6 Å². The fourth-order valence-electron chi connectivity index (χ4n) is 3.80. The second-order valence-corrected chi connectivity index (χ2v) is 8.84. The number of hydrogen-bond donors (Lipinski definition) is 2. The molecular weight excluding hydrogens is 471 g/mol. The number of hydrogen-bond acceptors (Lipinski definition) is 6. The third-order valence-electron chi connectivity index (χ3n) is 5.54. The van der Waals surface area contributed by atoms with E-state index in [2.05, 4.69) is 26.7 Å². The highest BCUT2D eigenvalue weighted by Crippen LogP contribution is 2.27. The zero-order valence-electron chi connectivity index (χ0n) is 18.5. The quantitative estimate of drug-likeness (QED) is 0.386. The molecule has 174 valence electrons. The number of benzene rings is 2. The van der Waals surface area contributed by atoms with Crippen molar-refractivity contribution in [2.75, 3.05) is 30.3 Å². The van der Waals surface area contributed by atoms with Crippen molar-refractivity contribution in [3.05, 3.63) is 75.4 Å². The topological polar surface area (TPSA) is 93.9 Å². The molecule has 1 aliphatic heterocycles. The number of amides is 1. The van der Waals surface area contributed by atoms with Crippen LogP contribution < -0.4 is 10.6 Å². The summed E-state index contributed by atoms with van der Waals surface area (Å²) in [6.07, 6.45) is 2.83. The molecule has 1 aromatic heterocycles. The molecular formula is C25H24Cl2N6O. The van der Waals surface area contributed by atoms with Crippen molar-refractivity contribution < 1.29 is 4.79 Å². The zero-order chi connectivity index (χ0) is 23.9. The van der Waals surface area contributed by atoms with E-state index in [9.17, 15) is 4.79 Å². The van der Waals surface area contributed by atoms with Crippen LogP contribution in [0.25, 0.3) is 0 Å². The molecule has 1 aliphatic rings. The molecule has 9 heteroatoms. The lowest BCUT2D eigenvalue weighted by atomic mass is 10.1. The maximum absolute atomic E-state index is 11.8. The monoisotopic (exact) mass is 494 g/mol. The number of rotatable bonds is 9. The predicted molar refractivity (Wildman–Crippen MR) is 135 cm³/mol. The number of halogens is 2. The molecule has 4 rings (SSSR count). The molecule has 0 radical (unpaired) electrons. The summed E-state index contributed by atoms with van der Waals surface area (Å²) in [4.78, 5) is 23.0. The number of aromatic nitrogens is 2. The number of likely N-dealkylation sites (tertiary alicyclic amines) is 1. The van der Waals surface area contributed by atoms with Crippen LogP contribution in [0, 0.1) is 11.3 Å². The summed E-state index contributed by atoms with van der Waals surface area (Å²) in [5, 5.41) is 16.7. The van der Waals surface area contributed by atoms with Gasteiger partial charge in [-0.1, -0.05) is 29.3 Å². The van der Waals surface area contributed by atoms with Gasteiger partial charge >= 0.3 is 0 Å². The summed E-state index contributed by atoms with van der Waals surface area (Å²) >= 11 is 12.8. The summed E-state index contributed by atoms with van der Waals surface area (Å²) in [6, 6.07) is 16.5. The van der Waals surface area contributed by atoms with Crippen LogP contribution in [0.15, 0.2) is 48.5 Å². The van der Waals surface area contributed by atoms with Gasteiger partial charge in [-0.25, -0.2) is 4.98 Å². The Morgan fingerprint density at radius 1 is 1.09 bits per heavy atom. The highest BCUT2D eigenvalue weighted by atomic mass is 35.5. The number of carbonyl (C=O) groups is 1. The van der Waals surface area contributed by atoms with E-state index < -0.39 is 0 Å². The number of nitrogens with one attached hydrogen (secondary N) is 2. The van der Waals surface area contributed by atoms with Gasteiger partial charge in [-0.2, -0.15) is 10.2 Å². The summed E-state index contributed by atoms with van der Waals surface area (Å²) in [5.74, 6) is 1.31. The van der Waals surface area contributed by atoms with E-state index in [0.29, 0.717) is 46.8 Å². The van der Waals surface area contributed by atoms with Crippen LogP contribution >= 0.6 is 23.2 Å². The van der Waals surface area contributed by atoms with Gasteiger partial charge in [0.25, 0.3) is 0 Å². The van der Waals surface area contributed by atoms with Crippen molar-refractivity contribution in [3.8, 4) is 6.07 Å². The molecule has 1 fully saturated rings. The minimum Gasteiger partial charge on any atom is -0.354 e. The number of nitrogens with zero attached hydrogens (tertiary/aromatic N) is 4. The summed E-state index contributed by atoms with van der Waals surface area (Å²) in [6.45, 7) is 2.19. The van der Waals surface area contributed by atoms with Gasteiger partial charge < -0.3 is 15.5 Å². The van der Waals surface area contributed by atoms with E-state index in [1.165, 1.54) is 0 Å². The maximum Gasteiger partial charge on any atom is 0.224 e. The molecule has 0 aliphatic carbocycles. The minimum absolute atomic E-state index is 0.226. The lowest BCUT2D eigenvalue weighted by Gasteiger charge is -2.16. The van der Waals surface area contributed by atoms with Crippen molar-refractivity contribution in [1.82, 2.24) is 14.9 Å². The third-order valence-corrected chi connectivity index (χ3v) is 6.25. The van der Waals surface area contributed by atoms with Gasteiger partial charge in [0.05, 0.1) is 17.3 Å². The Morgan fingerprint density at radius 3 is 2.53 bits per heavy atom. The lowest BCUT2D eigenvalue weighted by Crippen LogP contribution is -2.27. The van der Waals surface area contributed by atoms with E-state index in [1.807, 2.05) is 29.2 Å². The average Bonchev–Trinajstić information content (AvgIpc) is 3.24. The molecule has 2 heterocycles. The predicted octanol–water partition coefficient (Wildman–Crippen LogP) is 5.41. The number of nitriles is 1. The van der Waals surface area contributed by atoms with Crippen LogP contribution in [0.3, 0.4) is 0 Å². The Morgan fingerprint density at radius 2 is 1.85 bits per heavy atom. The molecule has 0 unspecified atom stereocenters. The molecule has 1 saturated heterocycles. The highest BCUT2D eigenvalue weighted by molar-refractivity contribution is 6.36. The fourth-order valence-corrected chi connectivity index (χ4v) is 4.33. The summed E-state index contributed by atoms with van der Waals surface area (Å²) in [7, 11) is 0. The van der Waals surface area contributed by atoms with Crippen LogP contribution in [0.1, 0.15) is 36.1 Å². The van der Waals surface area contributed by atoms with E-state index in [-0.39, 0.29) is 5.91 Å². The van der Waals surface area contributed by atoms with Crippen LogP contribution in [0.5, 0.6) is 0 Å². The van der Waals surface area contributed by atoms with Gasteiger partial charge in [0.15, 0.2) is 0 Å². The average molecular weight is 495 g/mol. The van der Waals surface area contributed by atoms with E-state index in [0.717, 1.165) is 42.9 Å². The Kier molecular flexibility index (Phi) is 7.84. The Balaban J connectivity index is 1.51. The first kappa shape index (κ1) is 23.8. The van der Waals surface area contributed by atoms with Gasteiger partial charge in [-0.05, 0) is 54.8 Å². The maximum atomic E-state index is 11.8. The van der Waals surface area contributed by atoms with Crippen LogP contribution in [-0.4, -0.2) is 40.4 Å². The van der Waals surface area contributed by atoms with Crippen molar-refractivity contribution in [1.29, 1.82) is 5.26 Å². The second-order valence-electron chi connectivity index (χ2n) is 8.02. The summed E-state index contributed by atoms with van der Waals surface area (Å²) in [5.41, 5.74) is 2.93. The molecule has 0 bridgehead atoms. The second kappa shape index (κ2) is 11.2. The fraction of sp³-hybridized carbons (Fsp3) is 0.280. The lowest BCUT2D eigenvalue weighted by molar-refractivity contribution is -0.127. The molecule has 2 N–H and O–H groups in total. The van der Waals surface area contributed by atoms with Crippen molar-refractivity contribution in [2.45, 2.75) is 25.7 Å². The number of carbonyl (C=O) groups excluding carboxylic acids is 1. The molecule has 34 heavy (non-hydrogen) atoms. The first-order valence-electron chi connectivity index (χ1n) is 11.1. The Labute approximate surface area is 208 Å². The molecule has 0 saturated carbocycles. The number of anilines is 3. The molecule has 7 nitrogen and oxygen atoms in total. The van der Waals surface area contributed by atoms with E-state index in [1.54, 1.807) is 24.3 Å². The van der Waals surface area contributed by atoms with Gasteiger partial charge in [0, 0.05) is 54.3 Å². The normalized spacial score (nSPS) is 13.1. The van der Waals surface area contributed by atoms with E-state index in [4.69, 9.17) is 28.5 Å². The minimum atomic E-state index is 0.226. The van der Waals surface area contributed by atoms with Crippen LogP contribution in [0.4, 0.5) is 17.5 Å². The molecule has 0 atom stereocenters. The molecule has 2 aromatic carbocycles. The summed E-state index contributed by atoms with van der Waals surface area (Å²) < 4.78 is 0. The zero-order valence-corrected chi connectivity index (χ0v) is 20.0. The molecule has 3 aromatic rings. The van der Waals surface area contributed by atoms with E-state index >= 15 is 0 Å². The SMILES string of the molecule is N#Cc1ccc(Nc2cc(Cc3c(Cl)cccc3Cl)nc(NCCCN3CCCC3=O)n2)cc1. The standard InChI is InChI=1S/C25H24Cl2N6O/c26-21-4-1-5-22(27)20(21)14-19-15-23(30-18-9-7-17(16-28)8-10-18)32-25(31-19)29-11-3-13-33-12-2-6-24(33)34/h1,4-5,7-10,15H,2-3,6,11-14H2,(H2,29,30,31,32). The molecule has 0 spiro atoms. The highest BCUT2D eigenvalue weighted by Gasteiger charge is 2.19. The van der Waals surface area contributed by atoms with Crippen LogP contribution in [-0.2, 0) is 11.2 Å². The smallest absolute Gasteiger partial charge is 0.224 e. The first-order valence-corrected chi connectivity index (χ1v) is 11.9. The largest absolute Gasteiger partial charge is 0.354 e. The first-order chi connectivity index (χ1) is 16.5. The van der Waals surface area contributed by atoms with Crippen LogP contribution in [0.2, 0.25) is 10.0 Å². The Bertz CT molecular complexity index is 1190. The third kappa shape index (κ3) is 6.16. The van der Waals surface area contributed by atoms with Crippen molar-refractivity contribution in [3.63, 3.8) is 0 Å². The van der Waals surface area contributed by atoms with Gasteiger partial charge in [0.2, 0.25) is 11.9 Å². The molecule has 1 amide bonds. The van der Waals surface area contributed by atoms with Gasteiger partial charge in [-0.3, -0.25) is 4.79 Å². The van der Waals surface area contributed by atoms with Gasteiger partial charge in [-0.15, -0.1) is 0 Å². The van der Waals surface area contributed by atoms with Gasteiger partial charge in [0.1, 0.15) is 5.82 Å². The van der Waals surface area contributed by atoms with Crippen molar-refractivity contribution in [2.24, 2.45) is 0 Å².